The van der Waals surface area contributed by atoms with Crippen molar-refractivity contribution in [3.8, 4) is 0 Å². The summed E-state index contributed by atoms with van der Waals surface area (Å²) >= 11 is 0. The van der Waals surface area contributed by atoms with Gasteiger partial charge in [0.15, 0.2) is 5.78 Å². The van der Waals surface area contributed by atoms with Gasteiger partial charge in [0.05, 0.1) is 9.79 Å². The Hall–Kier alpha value is -3.32. The Morgan fingerprint density at radius 1 is 0.963 bits per heavy atom. The van der Waals surface area contributed by atoms with Gasteiger partial charge in [0.1, 0.15) is 0 Å². The molecule has 6 nitrogen and oxygen atoms in total. The van der Waals surface area contributed by atoms with E-state index >= 15 is 0 Å². The van der Waals surface area contributed by atoms with E-state index in [0.717, 1.165) is 5.56 Å². The number of aromatic nitrogens is 1. The topological polar surface area (TPSA) is 93.2 Å². The van der Waals surface area contributed by atoms with Gasteiger partial charge in [-0.1, -0.05) is 18.2 Å². The van der Waals surface area contributed by atoms with Gasteiger partial charge < -0.3 is 5.32 Å². The van der Waals surface area contributed by atoms with Crippen molar-refractivity contribution in [2.45, 2.75) is 16.3 Å². The van der Waals surface area contributed by atoms with Crippen molar-refractivity contribution in [2.75, 3.05) is 0 Å². The first-order valence-electron chi connectivity index (χ1n) is 8.18. The maximum atomic E-state index is 12.9. The molecule has 4 rings (SSSR count). The fraction of sp³-hybridized carbons (Fsp3) is 0.0500. The molecule has 1 aliphatic heterocycles. The van der Waals surface area contributed by atoms with Crippen LogP contribution in [0.1, 0.15) is 31.8 Å². The number of pyridine rings is 1. The van der Waals surface area contributed by atoms with Crippen LogP contribution in [-0.4, -0.2) is 25.1 Å². The summed E-state index contributed by atoms with van der Waals surface area (Å²) in [4.78, 5) is 28.8. The zero-order chi connectivity index (χ0) is 19.0. The summed E-state index contributed by atoms with van der Waals surface area (Å²) in [6.45, 7) is 0.262. The minimum Gasteiger partial charge on any atom is -0.348 e. The lowest BCUT2D eigenvalue weighted by atomic mass is 10.0. The largest absolute Gasteiger partial charge is 0.348 e. The molecule has 134 valence electrons. The molecule has 0 fully saturated rings. The number of nitrogens with one attached hydrogen (secondary N) is 1. The monoisotopic (exact) mass is 378 g/mol. The molecule has 0 saturated carbocycles. The van der Waals surface area contributed by atoms with Gasteiger partial charge in [-0.15, -0.1) is 0 Å². The summed E-state index contributed by atoms with van der Waals surface area (Å²) in [7, 11) is -3.87. The molecule has 1 aromatic heterocycles. The van der Waals surface area contributed by atoms with Gasteiger partial charge in [-0.3, -0.25) is 14.6 Å². The van der Waals surface area contributed by atoms with Crippen molar-refractivity contribution in [1.82, 2.24) is 10.3 Å². The molecule has 0 aliphatic carbocycles. The second-order valence-corrected chi connectivity index (χ2v) is 7.97. The third kappa shape index (κ3) is 2.92. The van der Waals surface area contributed by atoms with E-state index in [0.29, 0.717) is 0 Å². The smallest absolute Gasteiger partial charge is 0.251 e. The van der Waals surface area contributed by atoms with Gasteiger partial charge in [-0.25, -0.2) is 8.42 Å². The molecular weight excluding hydrogens is 364 g/mol. The Balaban J connectivity index is 1.68. The van der Waals surface area contributed by atoms with Crippen molar-refractivity contribution in [1.29, 1.82) is 0 Å². The standard InChI is InChI=1S/C20H14N2O4S/c23-19-15-5-1-2-6-17(15)27(25,26)18-10-14(7-8-16(18)19)20(24)22-12-13-4-3-9-21-11-13/h1-11H,12H2,(H,22,24). The van der Waals surface area contributed by atoms with Crippen LogP contribution in [0.25, 0.3) is 0 Å². The highest BCUT2D eigenvalue weighted by atomic mass is 32.2. The predicted octanol–water partition coefficient (Wildman–Crippen LogP) is 2.39. The lowest BCUT2D eigenvalue weighted by Gasteiger charge is -2.19. The zero-order valence-corrected chi connectivity index (χ0v) is 14.9. The molecule has 1 aliphatic rings. The highest BCUT2D eigenvalue weighted by molar-refractivity contribution is 7.91. The van der Waals surface area contributed by atoms with Gasteiger partial charge >= 0.3 is 0 Å². The second-order valence-electron chi connectivity index (χ2n) is 6.08. The summed E-state index contributed by atoms with van der Waals surface area (Å²) in [5.74, 6) is -0.791. The number of carbonyl (C=O) groups is 2. The molecule has 0 saturated heterocycles. The molecule has 0 radical (unpaired) electrons. The van der Waals surface area contributed by atoms with E-state index in [1.807, 2.05) is 6.07 Å². The first-order valence-corrected chi connectivity index (χ1v) is 9.67. The number of sulfone groups is 1. The van der Waals surface area contributed by atoms with Crippen molar-refractivity contribution < 1.29 is 18.0 Å². The molecule has 2 heterocycles. The van der Waals surface area contributed by atoms with Crippen molar-refractivity contribution >= 4 is 21.5 Å². The van der Waals surface area contributed by atoms with Crippen LogP contribution in [-0.2, 0) is 16.4 Å². The number of fused-ring (bicyclic) bond motifs is 2. The van der Waals surface area contributed by atoms with Crippen molar-refractivity contribution in [2.24, 2.45) is 0 Å². The molecule has 1 amide bonds. The maximum absolute atomic E-state index is 12.9. The molecule has 7 heteroatoms. The number of hydrogen-bond donors (Lipinski definition) is 1. The zero-order valence-electron chi connectivity index (χ0n) is 14.0. The number of benzene rings is 2. The lowest BCUT2D eigenvalue weighted by Crippen LogP contribution is -2.25. The van der Waals surface area contributed by atoms with E-state index in [1.165, 1.54) is 30.3 Å². The van der Waals surface area contributed by atoms with Crippen LogP contribution < -0.4 is 5.32 Å². The lowest BCUT2D eigenvalue weighted by molar-refractivity contribution is 0.0948. The Morgan fingerprint density at radius 3 is 2.52 bits per heavy atom. The molecular formula is C20H14N2O4S. The van der Waals surface area contributed by atoms with Crippen LogP contribution in [0, 0.1) is 0 Å². The summed E-state index contributed by atoms with van der Waals surface area (Å²) < 4.78 is 25.8. The number of nitrogens with zero attached hydrogens (tertiary/aromatic N) is 1. The minimum atomic E-state index is -3.87. The second kappa shape index (κ2) is 6.44. The van der Waals surface area contributed by atoms with Gasteiger partial charge in [0.25, 0.3) is 5.91 Å². The van der Waals surface area contributed by atoms with Crippen molar-refractivity contribution in [3.63, 3.8) is 0 Å². The van der Waals surface area contributed by atoms with Gasteiger partial charge in [0, 0.05) is 35.6 Å². The molecule has 27 heavy (non-hydrogen) atoms. The quantitative estimate of drug-likeness (QED) is 0.591. The van der Waals surface area contributed by atoms with Crippen molar-refractivity contribution in [3.05, 3.63) is 89.2 Å². The summed E-state index contributed by atoms with van der Waals surface area (Å²) in [6.07, 6.45) is 3.27. The average molecular weight is 378 g/mol. The van der Waals surface area contributed by atoms with E-state index in [1.54, 1.807) is 30.6 Å². The van der Waals surface area contributed by atoms with Crippen LogP contribution in [0.5, 0.6) is 0 Å². The highest BCUT2D eigenvalue weighted by Crippen LogP contribution is 2.34. The Labute approximate surface area is 155 Å². The average Bonchev–Trinajstić information content (AvgIpc) is 2.71. The van der Waals surface area contributed by atoms with Gasteiger partial charge in [-0.05, 0) is 42.0 Å². The van der Waals surface area contributed by atoms with Gasteiger partial charge in [-0.2, -0.15) is 0 Å². The first kappa shape index (κ1) is 17.1. The molecule has 0 spiro atoms. The SMILES string of the molecule is O=C(NCc1cccnc1)c1ccc2c(c1)S(=O)(=O)c1ccccc1C2=O. The highest BCUT2D eigenvalue weighted by Gasteiger charge is 2.34. The first-order chi connectivity index (χ1) is 13.0. The molecule has 1 N–H and O–H groups in total. The maximum Gasteiger partial charge on any atom is 0.251 e. The normalized spacial score (nSPS) is 14.1. The third-order valence-electron chi connectivity index (χ3n) is 4.38. The summed E-state index contributed by atoms with van der Waals surface area (Å²) in [5, 5.41) is 2.72. The number of amides is 1. The fourth-order valence-electron chi connectivity index (χ4n) is 3.01. The number of carbonyl (C=O) groups excluding carboxylic acids is 2. The predicted molar refractivity (Wildman–Crippen MR) is 97.2 cm³/mol. The third-order valence-corrected chi connectivity index (χ3v) is 6.23. The van der Waals surface area contributed by atoms with Crippen LogP contribution >= 0.6 is 0 Å². The Bertz CT molecular complexity index is 1170. The number of hydrogen-bond acceptors (Lipinski definition) is 5. The molecule has 2 aromatic carbocycles. The summed E-state index contributed by atoms with van der Waals surface area (Å²) in [5.41, 5.74) is 1.23. The molecule has 0 bridgehead atoms. The Kier molecular flexibility index (Phi) is 4.08. The van der Waals surface area contributed by atoms with Crippen LogP contribution in [0.15, 0.2) is 76.8 Å². The Morgan fingerprint density at radius 2 is 1.74 bits per heavy atom. The molecule has 0 unspecified atom stereocenters. The molecule has 0 atom stereocenters. The number of ketones is 1. The van der Waals surface area contributed by atoms with E-state index in [4.69, 9.17) is 0 Å². The van der Waals surface area contributed by atoms with E-state index < -0.39 is 15.7 Å². The molecule has 3 aromatic rings. The minimum absolute atomic E-state index is 0.0320. The van der Waals surface area contributed by atoms with Crippen LogP contribution in [0.3, 0.4) is 0 Å². The van der Waals surface area contributed by atoms with E-state index in [-0.39, 0.29) is 38.8 Å². The van der Waals surface area contributed by atoms with Crippen LogP contribution in [0.4, 0.5) is 0 Å². The van der Waals surface area contributed by atoms with E-state index in [2.05, 4.69) is 10.3 Å². The fourth-order valence-corrected chi connectivity index (χ4v) is 4.69. The van der Waals surface area contributed by atoms with Gasteiger partial charge in [0.2, 0.25) is 9.84 Å². The van der Waals surface area contributed by atoms with Crippen LogP contribution in [0.2, 0.25) is 0 Å². The number of rotatable bonds is 3. The summed E-state index contributed by atoms with van der Waals surface area (Å²) in [6, 6.07) is 13.8. The van der Waals surface area contributed by atoms with E-state index in [9.17, 15) is 18.0 Å².